The lowest BCUT2D eigenvalue weighted by atomic mass is 10.1. The number of aryl methyl sites for hydroxylation is 1. The highest BCUT2D eigenvalue weighted by atomic mass is 35.5. The van der Waals surface area contributed by atoms with Gasteiger partial charge in [0.15, 0.2) is 5.82 Å². The van der Waals surface area contributed by atoms with Gasteiger partial charge in [-0.25, -0.2) is 19.3 Å². The Kier molecular flexibility index (Phi) is 5.29. The standard InChI is InChI=1S/C22H20ClFN8O/c1-13-10-31-12-18(17-5-7-25-22(28-17)29-19-6-8-26-30(19)2)27-20(31)21(33)32(13)11-14-3-4-16(24)15(23)9-14/h3-9,12-13H,10-11H2,1-2H3,(H,25,28,29)/t13-/m0/s1. The molecule has 5 rings (SSSR count). The summed E-state index contributed by atoms with van der Waals surface area (Å²) in [6.07, 6.45) is 5.13. The number of hydrogen-bond donors (Lipinski definition) is 1. The summed E-state index contributed by atoms with van der Waals surface area (Å²) in [5, 5.41) is 7.26. The van der Waals surface area contributed by atoms with Crippen LogP contribution in [0.2, 0.25) is 5.02 Å². The fourth-order valence-corrected chi connectivity index (χ4v) is 4.00. The van der Waals surface area contributed by atoms with Gasteiger partial charge in [-0.2, -0.15) is 5.10 Å². The van der Waals surface area contributed by atoms with E-state index in [0.717, 1.165) is 11.4 Å². The van der Waals surface area contributed by atoms with Gasteiger partial charge in [-0.3, -0.25) is 9.48 Å². The fourth-order valence-electron chi connectivity index (χ4n) is 3.80. The van der Waals surface area contributed by atoms with Crippen LogP contribution in [0, 0.1) is 5.82 Å². The molecule has 0 saturated carbocycles. The number of hydrogen-bond acceptors (Lipinski definition) is 6. The van der Waals surface area contributed by atoms with Gasteiger partial charge >= 0.3 is 0 Å². The average molecular weight is 467 g/mol. The zero-order valence-corrected chi connectivity index (χ0v) is 18.7. The Morgan fingerprint density at radius 1 is 1.18 bits per heavy atom. The summed E-state index contributed by atoms with van der Waals surface area (Å²) in [6, 6.07) is 7.96. The van der Waals surface area contributed by atoms with Gasteiger partial charge in [0.1, 0.15) is 17.3 Å². The number of halogens is 2. The molecule has 0 radical (unpaired) electrons. The second-order valence-electron chi connectivity index (χ2n) is 7.86. The molecule has 4 aromatic rings. The highest BCUT2D eigenvalue weighted by molar-refractivity contribution is 6.30. The molecule has 0 unspecified atom stereocenters. The van der Waals surface area contributed by atoms with Crippen LogP contribution in [0.5, 0.6) is 0 Å². The number of rotatable bonds is 5. The molecule has 0 bridgehead atoms. The molecule has 1 atom stereocenters. The molecule has 1 aliphatic rings. The average Bonchev–Trinajstić information content (AvgIpc) is 3.40. The maximum Gasteiger partial charge on any atom is 0.290 e. The third-order valence-corrected chi connectivity index (χ3v) is 5.83. The van der Waals surface area contributed by atoms with E-state index in [-0.39, 0.29) is 17.0 Å². The van der Waals surface area contributed by atoms with E-state index in [1.807, 2.05) is 30.8 Å². The Morgan fingerprint density at radius 2 is 2.03 bits per heavy atom. The fraction of sp³-hybridized carbons (Fsp3) is 0.227. The van der Waals surface area contributed by atoms with Gasteiger partial charge in [-0.1, -0.05) is 17.7 Å². The van der Waals surface area contributed by atoms with Crippen molar-refractivity contribution >= 4 is 29.3 Å². The van der Waals surface area contributed by atoms with E-state index >= 15 is 0 Å². The van der Waals surface area contributed by atoms with Crippen LogP contribution in [0.1, 0.15) is 23.1 Å². The number of amides is 1. The Hall–Kier alpha value is -3.79. The molecule has 0 spiro atoms. The van der Waals surface area contributed by atoms with Gasteiger partial charge < -0.3 is 14.8 Å². The van der Waals surface area contributed by atoms with Crippen molar-refractivity contribution in [2.75, 3.05) is 5.32 Å². The molecule has 1 N–H and O–H groups in total. The van der Waals surface area contributed by atoms with Crippen molar-refractivity contribution in [2.45, 2.75) is 26.1 Å². The summed E-state index contributed by atoms with van der Waals surface area (Å²) in [5.41, 5.74) is 1.92. The van der Waals surface area contributed by atoms with Gasteiger partial charge in [0.2, 0.25) is 5.95 Å². The molecule has 168 valence electrons. The maximum atomic E-state index is 13.5. The first-order chi connectivity index (χ1) is 15.9. The van der Waals surface area contributed by atoms with Crippen LogP contribution in [0.3, 0.4) is 0 Å². The summed E-state index contributed by atoms with van der Waals surface area (Å²) in [5.74, 6) is 0.785. The number of fused-ring (bicyclic) bond motifs is 1. The number of carbonyl (C=O) groups excluding carboxylic acids is 1. The third kappa shape index (κ3) is 4.05. The van der Waals surface area contributed by atoms with Crippen LogP contribution >= 0.6 is 11.6 Å². The van der Waals surface area contributed by atoms with Crippen LogP contribution in [-0.2, 0) is 20.1 Å². The minimum atomic E-state index is -0.485. The number of nitrogens with one attached hydrogen (secondary N) is 1. The van der Waals surface area contributed by atoms with Crippen LogP contribution in [0.15, 0.2) is 48.9 Å². The Morgan fingerprint density at radius 3 is 2.79 bits per heavy atom. The molecule has 9 nitrogen and oxygen atoms in total. The van der Waals surface area contributed by atoms with Gasteiger partial charge in [-0.05, 0) is 30.7 Å². The first-order valence-electron chi connectivity index (χ1n) is 10.3. The first kappa shape index (κ1) is 21.1. The van der Waals surface area contributed by atoms with Crippen molar-refractivity contribution in [3.8, 4) is 11.4 Å². The van der Waals surface area contributed by atoms with E-state index in [1.165, 1.54) is 6.07 Å². The molecular weight excluding hydrogens is 447 g/mol. The number of benzene rings is 1. The molecular formula is C22H20ClFN8O. The maximum absolute atomic E-state index is 13.5. The SMILES string of the molecule is C[C@H]1Cn2cc(-c3ccnc(Nc4ccnn4C)n3)nc2C(=O)N1Cc1ccc(F)c(Cl)c1. The summed E-state index contributed by atoms with van der Waals surface area (Å²) < 4.78 is 17.0. The van der Waals surface area contributed by atoms with E-state index in [2.05, 4.69) is 25.4 Å². The summed E-state index contributed by atoms with van der Waals surface area (Å²) >= 11 is 5.91. The Bertz CT molecular complexity index is 1350. The third-order valence-electron chi connectivity index (χ3n) is 5.54. The lowest BCUT2D eigenvalue weighted by molar-refractivity contribution is 0.0587. The van der Waals surface area contributed by atoms with Gasteiger partial charge in [0.05, 0.1) is 16.9 Å². The lowest BCUT2D eigenvalue weighted by Crippen LogP contribution is -2.46. The van der Waals surface area contributed by atoms with Crippen molar-refractivity contribution in [1.82, 2.24) is 34.2 Å². The van der Waals surface area contributed by atoms with Crippen molar-refractivity contribution < 1.29 is 9.18 Å². The molecule has 4 heterocycles. The van der Waals surface area contributed by atoms with E-state index in [9.17, 15) is 9.18 Å². The quantitative estimate of drug-likeness (QED) is 0.482. The predicted octanol–water partition coefficient (Wildman–Crippen LogP) is 3.65. The van der Waals surface area contributed by atoms with Crippen LogP contribution in [-0.4, -0.2) is 46.1 Å². The van der Waals surface area contributed by atoms with Crippen LogP contribution in [0.4, 0.5) is 16.2 Å². The second-order valence-corrected chi connectivity index (χ2v) is 8.27. The van der Waals surface area contributed by atoms with Crippen LogP contribution in [0.25, 0.3) is 11.4 Å². The molecule has 3 aromatic heterocycles. The van der Waals surface area contributed by atoms with Crippen molar-refractivity contribution in [1.29, 1.82) is 0 Å². The second kappa shape index (κ2) is 8.28. The molecule has 0 saturated heterocycles. The Labute approximate surface area is 193 Å². The zero-order chi connectivity index (χ0) is 23.1. The van der Waals surface area contributed by atoms with Gasteiger partial charge in [0, 0.05) is 44.6 Å². The highest BCUT2D eigenvalue weighted by Crippen LogP contribution is 2.26. The molecule has 1 aromatic carbocycles. The number of carbonyl (C=O) groups is 1. The molecule has 1 aliphatic heterocycles. The minimum Gasteiger partial charge on any atom is -0.327 e. The molecule has 1 amide bonds. The van der Waals surface area contributed by atoms with Crippen molar-refractivity contribution in [3.05, 3.63) is 71.2 Å². The summed E-state index contributed by atoms with van der Waals surface area (Å²) in [7, 11) is 1.81. The molecule has 0 fully saturated rings. The predicted molar refractivity (Wildman–Crippen MR) is 120 cm³/mol. The van der Waals surface area contributed by atoms with Crippen molar-refractivity contribution in [3.63, 3.8) is 0 Å². The van der Waals surface area contributed by atoms with Crippen molar-refractivity contribution in [2.24, 2.45) is 7.05 Å². The van der Waals surface area contributed by atoms with Gasteiger partial charge in [-0.15, -0.1) is 0 Å². The van der Waals surface area contributed by atoms with E-state index in [1.54, 1.807) is 40.2 Å². The number of anilines is 2. The number of imidazole rings is 1. The smallest absolute Gasteiger partial charge is 0.290 e. The zero-order valence-electron chi connectivity index (χ0n) is 17.9. The van der Waals surface area contributed by atoms with Gasteiger partial charge in [0.25, 0.3) is 5.91 Å². The minimum absolute atomic E-state index is 0.0349. The van der Waals surface area contributed by atoms with E-state index in [4.69, 9.17) is 11.6 Å². The normalized spacial score (nSPS) is 15.6. The summed E-state index contributed by atoms with van der Waals surface area (Å²) in [6.45, 7) is 2.86. The van der Waals surface area contributed by atoms with Crippen LogP contribution < -0.4 is 5.32 Å². The monoisotopic (exact) mass is 466 g/mol. The highest BCUT2D eigenvalue weighted by Gasteiger charge is 2.32. The first-order valence-corrected chi connectivity index (χ1v) is 10.7. The molecule has 11 heteroatoms. The number of aromatic nitrogens is 6. The van der Waals surface area contributed by atoms with E-state index in [0.29, 0.717) is 36.3 Å². The molecule has 0 aliphatic carbocycles. The largest absolute Gasteiger partial charge is 0.327 e. The topological polar surface area (TPSA) is 93.8 Å². The lowest BCUT2D eigenvalue weighted by Gasteiger charge is -2.33. The summed E-state index contributed by atoms with van der Waals surface area (Å²) in [4.78, 5) is 28.3. The number of nitrogens with zero attached hydrogens (tertiary/aromatic N) is 7. The van der Waals surface area contributed by atoms with E-state index < -0.39 is 5.82 Å². The Balaban J connectivity index is 1.40. The molecule has 33 heavy (non-hydrogen) atoms.